The predicted octanol–water partition coefficient (Wildman–Crippen LogP) is 0.457. The van der Waals surface area contributed by atoms with Crippen molar-refractivity contribution in [1.82, 2.24) is 9.97 Å². The number of H-pyrrole nitrogens is 1. The molecule has 1 aromatic heterocycles. The van der Waals surface area contributed by atoms with Crippen molar-refractivity contribution in [3.63, 3.8) is 0 Å². The third-order valence-electron chi connectivity index (χ3n) is 2.84. The Hall–Kier alpha value is -2.68. The molecule has 1 aliphatic rings. The molecule has 0 bridgehead atoms. The molecule has 0 unspecified atom stereocenters. The summed E-state index contributed by atoms with van der Waals surface area (Å²) < 4.78 is 25.2. The monoisotopic (exact) mass is 293 g/mol. The van der Waals surface area contributed by atoms with E-state index >= 15 is 0 Å². The number of fused-ring (bicyclic) bond motifs is 1. The van der Waals surface area contributed by atoms with Crippen molar-refractivity contribution in [3.05, 3.63) is 41.7 Å². The number of imidazole rings is 1. The highest BCUT2D eigenvalue weighted by Gasteiger charge is 2.44. The summed E-state index contributed by atoms with van der Waals surface area (Å²) in [5, 5.41) is 8.89. The lowest BCUT2D eigenvalue weighted by molar-refractivity contribution is 0.0696. The number of carboxylic acids is 1. The van der Waals surface area contributed by atoms with Crippen LogP contribution in [0.4, 0.5) is 5.95 Å². The molecule has 2 heterocycles. The molecule has 0 aliphatic carbocycles. The number of hydrogen-bond acceptors (Lipinski definition) is 5. The Bertz CT molecular complexity index is 826. The van der Waals surface area contributed by atoms with Gasteiger partial charge in [0, 0.05) is 12.4 Å². The van der Waals surface area contributed by atoms with Crippen molar-refractivity contribution in [2.24, 2.45) is 0 Å². The highest BCUT2D eigenvalue weighted by atomic mass is 32.2. The fourth-order valence-electron chi connectivity index (χ4n) is 1.94. The van der Waals surface area contributed by atoms with Crippen LogP contribution in [-0.2, 0) is 10.0 Å². The molecule has 0 radical (unpaired) electrons. The van der Waals surface area contributed by atoms with Gasteiger partial charge >= 0.3 is 5.97 Å². The van der Waals surface area contributed by atoms with E-state index in [0.29, 0.717) is 4.31 Å². The number of sulfonamides is 1. The van der Waals surface area contributed by atoms with E-state index < -0.39 is 21.9 Å². The SMILES string of the molecule is O=C(O)c1ccc2c(c1)S(=O)(=O)N(c1ncc[nH]1)C2=O. The van der Waals surface area contributed by atoms with Gasteiger partial charge in [-0.25, -0.2) is 18.2 Å². The van der Waals surface area contributed by atoms with E-state index in [0.717, 1.165) is 6.07 Å². The molecule has 8 nitrogen and oxygen atoms in total. The normalized spacial score (nSPS) is 16.2. The van der Waals surface area contributed by atoms with Gasteiger partial charge in [0.25, 0.3) is 15.9 Å². The van der Waals surface area contributed by atoms with Gasteiger partial charge in [-0.15, -0.1) is 0 Å². The molecule has 102 valence electrons. The standard InChI is InChI=1S/C11H7N3O5S/c15-9-7-2-1-6(10(16)17)5-8(7)20(18,19)14(9)11-12-3-4-13-11/h1-5H,(H,12,13)(H,16,17). The summed E-state index contributed by atoms with van der Waals surface area (Å²) in [5.74, 6) is -2.18. The highest BCUT2D eigenvalue weighted by Crippen LogP contribution is 2.33. The number of benzene rings is 1. The largest absolute Gasteiger partial charge is 0.478 e. The summed E-state index contributed by atoms with van der Waals surface area (Å²) in [7, 11) is -4.15. The van der Waals surface area contributed by atoms with Crippen molar-refractivity contribution >= 4 is 27.8 Å². The Labute approximate surface area is 112 Å². The zero-order valence-electron chi connectivity index (χ0n) is 9.77. The first kappa shape index (κ1) is 12.4. The lowest BCUT2D eigenvalue weighted by atomic mass is 10.1. The summed E-state index contributed by atoms with van der Waals surface area (Å²) in [5.41, 5.74) is -0.284. The van der Waals surface area contributed by atoms with Crippen LogP contribution in [0.15, 0.2) is 35.5 Å². The molecular weight excluding hydrogens is 286 g/mol. The van der Waals surface area contributed by atoms with E-state index in [1.54, 1.807) is 0 Å². The van der Waals surface area contributed by atoms with Crippen LogP contribution in [0.2, 0.25) is 0 Å². The molecule has 2 aromatic rings. The molecule has 9 heteroatoms. The summed E-state index contributed by atoms with van der Waals surface area (Å²) in [6.45, 7) is 0. The number of nitrogens with zero attached hydrogens (tertiary/aromatic N) is 2. The van der Waals surface area contributed by atoms with Crippen molar-refractivity contribution in [3.8, 4) is 0 Å². The highest BCUT2D eigenvalue weighted by molar-refractivity contribution is 7.94. The van der Waals surface area contributed by atoms with Crippen LogP contribution in [-0.4, -0.2) is 35.4 Å². The first-order chi connectivity index (χ1) is 9.43. The fraction of sp³-hybridized carbons (Fsp3) is 0. The van der Waals surface area contributed by atoms with E-state index in [1.165, 1.54) is 24.5 Å². The van der Waals surface area contributed by atoms with Crippen molar-refractivity contribution in [2.75, 3.05) is 4.31 Å². The number of rotatable bonds is 2. The summed E-state index contributed by atoms with van der Waals surface area (Å²) in [6.07, 6.45) is 2.69. The Balaban J connectivity index is 2.24. The minimum Gasteiger partial charge on any atom is -0.478 e. The van der Waals surface area contributed by atoms with Crippen molar-refractivity contribution < 1.29 is 23.1 Å². The van der Waals surface area contributed by atoms with Gasteiger partial charge < -0.3 is 10.1 Å². The third kappa shape index (κ3) is 1.53. The number of amides is 1. The molecule has 0 fully saturated rings. The lowest BCUT2D eigenvalue weighted by Crippen LogP contribution is -2.30. The Kier molecular flexibility index (Phi) is 2.41. The topological polar surface area (TPSA) is 120 Å². The molecule has 3 rings (SSSR count). The Morgan fingerprint density at radius 3 is 2.70 bits per heavy atom. The van der Waals surface area contributed by atoms with Gasteiger partial charge in [0.1, 0.15) is 4.90 Å². The zero-order valence-corrected chi connectivity index (χ0v) is 10.6. The third-order valence-corrected chi connectivity index (χ3v) is 4.55. The molecule has 1 aliphatic heterocycles. The van der Waals surface area contributed by atoms with Gasteiger partial charge in [0.2, 0.25) is 5.95 Å². The van der Waals surface area contributed by atoms with E-state index in [-0.39, 0.29) is 22.0 Å². The number of anilines is 1. The van der Waals surface area contributed by atoms with Gasteiger partial charge in [-0.2, -0.15) is 4.31 Å². The van der Waals surface area contributed by atoms with Crippen LogP contribution in [0.1, 0.15) is 20.7 Å². The van der Waals surface area contributed by atoms with Crippen LogP contribution in [0, 0.1) is 0 Å². The maximum atomic E-state index is 12.3. The van der Waals surface area contributed by atoms with Crippen LogP contribution < -0.4 is 4.31 Å². The second-order valence-electron chi connectivity index (χ2n) is 4.00. The number of nitrogens with one attached hydrogen (secondary N) is 1. The van der Waals surface area contributed by atoms with Gasteiger partial charge in [0.05, 0.1) is 11.1 Å². The number of carboxylic acid groups (broad SMARTS) is 1. The number of hydrogen-bond donors (Lipinski definition) is 2. The molecule has 0 atom stereocenters. The van der Waals surface area contributed by atoms with Gasteiger partial charge in [-0.05, 0) is 18.2 Å². The van der Waals surface area contributed by atoms with Crippen LogP contribution in [0.5, 0.6) is 0 Å². The second kappa shape index (κ2) is 3.90. The first-order valence-electron chi connectivity index (χ1n) is 5.39. The summed E-state index contributed by atoms with van der Waals surface area (Å²) >= 11 is 0. The minimum atomic E-state index is -4.15. The summed E-state index contributed by atoms with van der Waals surface area (Å²) in [6, 6.07) is 3.33. The number of carbonyl (C=O) groups is 2. The molecular formula is C11H7N3O5S. The van der Waals surface area contributed by atoms with E-state index in [4.69, 9.17) is 5.11 Å². The number of aromatic nitrogens is 2. The van der Waals surface area contributed by atoms with Gasteiger partial charge in [-0.1, -0.05) is 0 Å². The molecule has 0 saturated heterocycles. The van der Waals surface area contributed by atoms with Crippen LogP contribution in [0.25, 0.3) is 0 Å². The van der Waals surface area contributed by atoms with E-state index in [1.807, 2.05) is 0 Å². The van der Waals surface area contributed by atoms with Gasteiger partial charge in [0.15, 0.2) is 0 Å². The molecule has 1 amide bonds. The quantitative estimate of drug-likeness (QED) is 0.829. The number of aromatic carboxylic acids is 1. The van der Waals surface area contributed by atoms with Gasteiger partial charge in [-0.3, -0.25) is 4.79 Å². The number of carbonyl (C=O) groups excluding carboxylic acids is 1. The molecule has 0 saturated carbocycles. The molecule has 20 heavy (non-hydrogen) atoms. The maximum Gasteiger partial charge on any atom is 0.335 e. The smallest absolute Gasteiger partial charge is 0.335 e. The first-order valence-corrected chi connectivity index (χ1v) is 6.83. The van der Waals surface area contributed by atoms with Crippen LogP contribution in [0.3, 0.4) is 0 Å². The van der Waals surface area contributed by atoms with E-state index in [9.17, 15) is 18.0 Å². The zero-order chi connectivity index (χ0) is 14.5. The average Bonchev–Trinajstić information content (AvgIpc) is 2.96. The molecule has 2 N–H and O–H groups in total. The predicted molar refractivity (Wildman–Crippen MR) is 66.0 cm³/mol. The van der Waals surface area contributed by atoms with Crippen LogP contribution >= 0.6 is 0 Å². The number of aromatic amines is 1. The summed E-state index contributed by atoms with van der Waals surface area (Å²) in [4.78, 5) is 29.0. The Morgan fingerprint density at radius 2 is 2.10 bits per heavy atom. The lowest BCUT2D eigenvalue weighted by Gasteiger charge is -2.10. The fourth-order valence-corrected chi connectivity index (χ4v) is 3.49. The molecule has 1 aromatic carbocycles. The maximum absolute atomic E-state index is 12.3. The van der Waals surface area contributed by atoms with Crippen molar-refractivity contribution in [1.29, 1.82) is 0 Å². The van der Waals surface area contributed by atoms with Crippen molar-refractivity contribution in [2.45, 2.75) is 4.90 Å². The van der Waals surface area contributed by atoms with E-state index in [2.05, 4.69) is 9.97 Å². The molecule has 0 spiro atoms. The minimum absolute atomic E-state index is 0.0774. The Morgan fingerprint density at radius 1 is 1.35 bits per heavy atom. The average molecular weight is 293 g/mol. The second-order valence-corrected chi connectivity index (χ2v) is 5.76.